The van der Waals surface area contributed by atoms with Crippen molar-refractivity contribution in [3.8, 4) is 0 Å². The molecule has 0 amide bonds. The summed E-state index contributed by atoms with van der Waals surface area (Å²) in [5, 5.41) is 3.20. The van der Waals surface area contributed by atoms with Crippen LogP contribution in [0.3, 0.4) is 0 Å². The highest BCUT2D eigenvalue weighted by molar-refractivity contribution is 6.16. The lowest BCUT2D eigenvalue weighted by Crippen LogP contribution is -2.07. The highest BCUT2D eigenvalue weighted by atomic mass is 19.1. The molecule has 0 radical (unpaired) electrons. The van der Waals surface area contributed by atoms with Crippen LogP contribution in [0.15, 0.2) is 70.7 Å². The molecule has 3 nitrogen and oxygen atoms in total. The number of anilines is 1. The number of alkyl halides is 1. The molecule has 1 aliphatic heterocycles. The molecule has 0 aromatic heterocycles. The minimum Gasteiger partial charge on any atom is -0.385 e. The Morgan fingerprint density at radius 2 is 1.92 bits per heavy atom. The van der Waals surface area contributed by atoms with E-state index in [9.17, 15) is 4.39 Å². The van der Waals surface area contributed by atoms with Crippen LogP contribution in [0.1, 0.15) is 24.0 Å². The number of amidine groups is 1. The van der Waals surface area contributed by atoms with E-state index < -0.39 is 0 Å². The average Bonchev–Trinajstić information content (AvgIpc) is 2.65. The zero-order chi connectivity index (χ0) is 17.5. The summed E-state index contributed by atoms with van der Waals surface area (Å²) in [4.78, 5) is 9.39. The summed E-state index contributed by atoms with van der Waals surface area (Å²) in [7, 11) is 0. The monoisotopic (exact) mass is 335 g/mol. The van der Waals surface area contributed by atoms with Crippen molar-refractivity contribution in [2.24, 2.45) is 9.98 Å². The van der Waals surface area contributed by atoms with E-state index in [1.807, 2.05) is 48.5 Å². The molecule has 0 bridgehead atoms. The van der Waals surface area contributed by atoms with Gasteiger partial charge < -0.3 is 5.32 Å². The van der Waals surface area contributed by atoms with Crippen LogP contribution in [0.2, 0.25) is 0 Å². The standard InChI is InChI=1S/C21H22FN3/c1-16-6-2-3-7-19(16)24-21-9-4-8-20(25-21)17-10-12-18(13-11-17)23-15-5-14-22/h2-4,6-8,10-13,23H,5,9,14-15H2,1H3. The number of nitrogens with zero attached hydrogens (tertiary/aromatic N) is 2. The minimum absolute atomic E-state index is 0.296. The molecule has 25 heavy (non-hydrogen) atoms. The number of aryl methyl sites for hydroxylation is 1. The number of allylic oxidation sites excluding steroid dienone is 1. The third kappa shape index (κ3) is 4.63. The quantitative estimate of drug-likeness (QED) is 0.720. The predicted octanol–water partition coefficient (Wildman–Crippen LogP) is 5.25. The van der Waals surface area contributed by atoms with Crippen LogP contribution < -0.4 is 5.32 Å². The smallest absolute Gasteiger partial charge is 0.133 e. The molecule has 0 unspecified atom stereocenters. The summed E-state index contributed by atoms with van der Waals surface area (Å²) in [6, 6.07) is 16.1. The molecule has 0 aliphatic carbocycles. The lowest BCUT2D eigenvalue weighted by molar-refractivity contribution is 0.481. The first-order valence-electron chi connectivity index (χ1n) is 8.55. The molecular weight excluding hydrogens is 313 g/mol. The first-order chi connectivity index (χ1) is 12.3. The molecule has 0 atom stereocenters. The first-order valence-corrected chi connectivity index (χ1v) is 8.55. The molecule has 0 fully saturated rings. The number of benzene rings is 2. The van der Waals surface area contributed by atoms with Crippen molar-refractivity contribution >= 4 is 22.9 Å². The van der Waals surface area contributed by atoms with Crippen molar-refractivity contribution in [1.29, 1.82) is 0 Å². The van der Waals surface area contributed by atoms with Gasteiger partial charge in [0.25, 0.3) is 0 Å². The molecule has 0 saturated heterocycles. The molecule has 3 rings (SSSR count). The number of rotatable bonds is 6. The lowest BCUT2D eigenvalue weighted by Gasteiger charge is -2.10. The molecule has 0 spiro atoms. The van der Waals surface area contributed by atoms with Crippen molar-refractivity contribution in [3.05, 3.63) is 71.8 Å². The highest BCUT2D eigenvalue weighted by Crippen LogP contribution is 2.20. The van der Waals surface area contributed by atoms with Crippen molar-refractivity contribution in [1.82, 2.24) is 0 Å². The zero-order valence-electron chi connectivity index (χ0n) is 14.4. The molecule has 2 aromatic rings. The topological polar surface area (TPSA) is 36.8 Å². The van der Waals surface area contributed by atoms with Crippen molar-refractivity contribution in [3.63, 3.8) is 0 Å². The van der Waals surface area contributed by atoms with E-state index in [1.165, 1.54) is 0 Å². The van der Waals surface area contributed by atoms with Gasteiger partial charge in [-0.2, -0.15) is 0 Å². The second-order valence-electron chi connectivity index (χ2n) is 5.96. The SMILES string of the molecule is Cc1ccccc1N=C1CC=CC(c2ccc(NCCCF)cc2)=N1. The number of aliphatic imine (C=N–C) groups is 2. The van der Waals surface area contributed by atoms with Gasteiger partial charge in [0.2, 0.25) is 0 Å². The fourth-order valence-corrected chi connectivity index (χ4v) is 2.62. The Kier molecular flexibility index (Phi) is 5.73. The Labute approximate surface area is 148 Å². The van der Waals surface area contributed by atoms with E-state index in [4.69, 9.17) is 9.98 Å². The number of nitrogens with one attached hydrogen (secondary N) is 1. The van der Waals surface area contributed by atoms with Crippen LogP contribution in [-0.4, -0.2) is 24.8 Å². The minimum atomic E-state index is -0.296. The van der Waals surface area contributed by atoms with E-state index in [0.29, 0.717) is 13.0 Å². The molecule has 0 saturated carbocycles. The van der Waals surface area contributed by atoms with Gasteiger partial charge in [0.1, 0.15) is 5.84 Å². The Bertz CT molecular complexity index is 804. The maximum atomic E-state index is 12.1. The van der Waals surface area contributed by atoms with Gasteiger partial charge in [-0.05, 0) is 43.2 Å². The fourth-order valence-electron chi connectivity index (χ4n) is 2.62. The summed E-state index contributed by atoms with van der Waals surface area (Å²) in [5.74, 6) is 0.817. The molecule has 1 N–H and O–H groups in total. The number of hydrogen-bond acceptors (Lipinski definition) is 2. The highest BCUT2D eigenvalue weighted by Gasteiger charge is 2.08. The Morgan fingerprint density at radius 3 is 2.68 bits per heavy atom. The molecule has 1 aliphatic rings. The summed E-state index contributed by atoms with van der Waals surface area (Å²) in [6.45, 7) is 2.40. The lowest BCUT2D eigenvalue weighted by atomic mass is 10.1. The maximum Gasteiger partial charge on any atom is 0.133 e. The van der Waals surface area contributed by atoms with Gasteiger partial charge in [-0.25, -0.2) is 9.98 Å². The van der Waals surface area contributed by atoms with Crippen LogP contribution >= 0.6 is 0 Å². The average molecular weight is 335 g/mol. The largest absolute Gasteiger partial charge is 0.385 e. The molecule has 2 aromatic carbocycles. The van der Waals surface area contributed by atoms with Crippen molar-refractivity contribution in [2.45, 2.75) is 19.8 Å². The van der Waals surface area contributed by atoms with E-state index in [1.54, 1.807) is 0 Å². The van der Waals surface area contributed by atoms with Gasteiger partial charge in [-0.3, -0.25) is 4.39 Å². The van der Waals surface area contributed by atoms with Crippen LogP contribution in [0.5, 0.6) is 0 Å². The molecule has 4 heteroatoms. The first kappa shape index (κ1) is 17.1. The third-order valence-corrected chi connectivity index (χ3v) is 4.01. The second kappa shape index (κ2) is 8.38. The van der Waals surface area contributed by atoms with Gasteiger partial charge in [0, 0.05) is 24.2 Å². The summed E-state index contributed by atoms with van der Waals surface area (Å²) < 4.78 is 12.1. The van der Waals surface area contributed by atoms with Crippen LogP contribution in [-0.2, 0) is 0 Å². The second-order valence-corrected chi connectivity index (χ2v) is 5.96. The molecule has 1 heterocycles. The number of dihydropyridines is 1. The Hall–Kier alpha value is -2.75. The van der Waals surface area contributed by atoms with E-state index >= 15 is 0 Å². The van der Waals surface area contributed by atoms with Gasteiger partial charge in [0.05, 0.1) is 18.1 Å². The van der Waals surface area contributed by atoms with Crippen LogP contribution in [0, 0.1) is 6.92 Å². The third-order valence-electron chi connectivity index (χ3n) is 4.01. The van der Waals surface area contributed by atoms with Crippen molar-refractivity contribution in [2.75, 3.05) is 18.5 Å². The normalized spacial score (nSPS) is 15.3. The van der Waals surface area contributed by atoms with Gasteiger partial charge in [-0.1, -0.05) is 36.4 Å². The van der Waals surface area contributed by atoms with Crippen LogP contribution in [0.25, 0.3) is 0 Å². The maximum absolute atomic E-state index is 12.1. The van der Waals surface area contributed by atoms with Crippen LogP contribution in [0.4, 0.5) is 15.8 Å². The summed E-state index contributed by atoms with van der Waals surface area (Å²) >= 11 is 0. The zero-order valence-corrected chi connectivity index (χ0v) is 14.4. The number of halogens is 1. The molecular formula is C21H22FN3. The summed E-state index contributed by atoms with van der Waals surface area (Å²) in [5.41, 5.74) is 5.05. The number of hydrogen-bond donors (Lipinski definition) is 1. The number of para-hydroxylation sites is 1. The Morgan fingerprint density at radius 1 is 1.12 bits per heavy atom. The molecule has 128 valence electrons. The fraction of sp³-hybridized carbons (Fsp3) is 0.238. The summed E-state index contributed by atoms with van der Waals surface area (Å²) in [6.07, 6.45) is 5.38. The van der Waals surface area contributed by atoms with Gasteiger partial charge in [0.15, 0.2) is 0 Å². The van der Waals surface area contributed by atoms with Crippen molar-refractivity contribution < 1.29 is 4.39 Å². The van der Waals surface area contributed by atoms with E-state index in [-0.39, 0.29) is 6.67 Å². The van der Waals surface area contributed by atoms with E-state index in [0.717, 1.165) is 40.5 Å². The van der Waals surface area contributed by atoms with Gasteiger partial charge in [-0.15, -0.1) is 0 Å². The Balaban J connectivity index is 1.76. The van der Waals surface area contributed by atoms with E-state index in [2.05, 4.69) is 24.4 Å². The predicted molar refractivity (Wildman–Crippen MR) is 104 cm³/mol. The van der Waals surface area contributed by atoms with Gasteiger partial charge >= 0.3 is 0 Å².